The molecule has 0 aliphatic rings. The van der Waals surface area contributed by atoms with Crippen LogP contribution in [0.4, 0.5) is 5.69 Å². The fourth-order valence-electron chi connectivity index (χ4n) is 2.40. The van der Waals surface area contributed by atoms with E-state index >= 15 is 0 Å². The molecule has 0 aliphatic carbocycles. The van der Waals surface area contributed by atoms with Gasteiger partial charge in [-0.25, -0.2) is 4.68 Å². The zero-order chi connectivity index (χ0) is 19.1. The van der Waals surface area contributed by atoms with Crippen LogP contribution in [0.1, 0.15) is 29.3 Å². The lowest BCUT2D eigenvalue weighted by atomic mass is 10.1. The van der Waals surface area contributed by atoms with Gasteiger partial charge in [0.1, 0.15) is 0 Å². The van der Waals surface area contributed by atoms with Crippen molar-refractivity contribution in [2.24, 2.45) is 0 Å². The average molecular weight is 381 g/mol. The zero-order valence-electron chi connectivity index (χ0n) is 14.8. The number of aromatic nitrogens is 4. The maximum atomic E-state index is 12.1. The fraction of sp³-hybridized carbons (Fsp3) is 0.211. The third-order valence-corrected chi connectivity index (χ3v) is 4.77. The highest BCUT2D eigenvalue weighted by Crippen LogP contribution is 2.17. The van der Waals surface area contributed by atoms with E-state index in [9.17, 15) is 9.59 Å². The number of carbonyl (C=O) groups excluding carboxylic acids is 2. The molecular weight excluding hydrogens is 362 g/mol. The number of amides is 1. The molecule has 1 heterocycles. The van der Waals surface area contributed by atoms with Gasteiger partial charge in [-0.05, 0) is 47.2 Å². The van der Waals surface area contributed by atoms with E-state index in [1.54, 1.807) is 28.9 Å². The smallest absolute Gasteiger partial charge is 0.225 e. The minimum absolute atomic E-state index is 0.00231. The number of hydrogen-bond acceptors (Lipinski definition) is 6. The molecule has 3 aromatic rings. The second kappa shape index (κ2) is 9.09. The molecule has 0 bridgehead atoms. The van der Waals surface area contributed by atoms with E-state index in [0.717, 1.165) is 5.56 Å². The second-order valence-corrected chi connectivity index (χ2v) is 6.95. The van der Waals surface area contributed by atoms with Gasteiger partial charge in [0.25, 0.3) is 0 Å². The molecule has 2 aromatic carbocycles. The molecule has 1 N–H and O–H groups in total. The Hall–Kier alpha value is -3.00. The predicted octanol–water partition coefficient (Wildman–Crippen LogP) is 3.04. The van der Waals surface area contributed by atoms with Crippen molar-refractivity contribution in [2.75, 3.05) is 11.1 Å². The molecule has 0 saturated carbocycles. The molecule has 7 nitrogen and oxygen atoms in total. The van der Waals surface area contributed by atoms with E-state index in [4.69, 9.17) is 0 Å². The molecule has 138 valence electrons. The number of anilines is 1. The van der Waals surface area contributed by atoms with Crippen molar-refractivity contribution in [1.29, 1.82) is 0 Å². The Morgan fingerprint density at radius 3 is 2.52 bits per heavy atom. The van der Waals surface area contributed by atoms with Crippen LogP contribution < -0.4 is 5.32 Å². The summed E-state index contributed by atoms with van der Waals surface area (Å²) in [6.45, 7) is 2.10. The molecule has 0 fully saturated rings. The molecule has 8 heteroatoms. The quantitative estimate of drug-likeness (QED) is 0.476. The first-order chi connectivity index (χ1) is 13.1. The topological polar surface area (TPSA) is 89.8 Å². The van der Waals surface area contributed by atoms with Gasteiger partial charge < -0.3 is 5.32 Å². The van der Waals surface area contributed by atoms with Crippen molar-refractivity contribution >= 4 is 29.1 Å². The number of benzene rings is 2. The SMILES string of the molecule is CC(=O)c1ccc(NC(=O)CCSc2nnnn2Cc2ccccc2)cc1. The van der Waals surface area contributed by atoms with E-state index in [1.807, 2.05) is 30.3 Å². The minimum Gasteiger partial charge on any atom is -0.326 e. The molecule has 0 unspecified atom stereocenters. The number of hydrogen-bond donors (Lipinski definition) is 1. The Bertz CT molecular complexity index is 909. The van der Waals surface area contributed by atoms with E-state index in [-0.39, 0.29) is 11.7 Å². The summed E-state index contributed by atoms with van der Waals surface area (Å²) in [5, 5.41) is 15.2. The van der Waals surface area contributed by atoms with E-state index in [1.165, 1.54) is 18.7 Å². The van der Waals surface area contributed by atoms with Gasteiger partial charge in [0.15, 0.2) is 5.78 Å². The van der Waals surface area contributed by atoms with Crippen LogP contribution in [0, 0.1) is 0 Å². The monoisotopic (exact) mass is 381 g/mol. The fourth-order valence-corrected chi connectivity index (χ4v) is 3.22. The number of nitrogens with zero attached hydrogens (tertiary/aromatic N) is 4. The van der Waals surface area contributed by atoms with Gasteiger partial charge in [0.2, 0.25) is 11.1 Å². The number of ketones is 1. The molecule has 0 atom stereocenters. The summed E-state index contributed by atoms with van der Waals surface area (Å²) in [6.07, 6.45) is 0.331. The first kappa shape index (κ1) is 18.8. The summed E-state index contributed by atoms with van der Waals surface area (Å²) in [4.78, 5) is 23.4. The Morgan fingerprint density at radius 1 is 1.07 bits per heavy atom. The summed E-state index contributed by atoms with van der Waals surface area (Å²) in [6, 6.07) is 16.8. The molecule has 0 aliphatic heterocycles. The highest BCUT2D eigenvalue weighted by molar-refractivity contribution is 7.99. The number of tetrazole rings is 1. The highest BCUT2D eigenvalue weighted by Gasteiger charge is 2.09. The van der Waals surface area contributed by atoms with Gasteiger partial charge in [0.05, 0.1) is 6.54 Å². The maximum absolute atomic E-state index is 12.1. The molecule has 0 spiro atoms. The van der Waals surface area contributed by atoms with Gasteiger partial charge in [-0.3, -0.25) is 9.59 Å². The Balaban J connectivity index is 1.48. The lowest BCUT2D eigenvalue weighted by Gasteiger charge is -2.06. The Kier molecular flexibility index (Phi) is 6.32. The second-order valence-electron chi connectivity index (χ2n) is 5.88. The van der Waals surface area contributed by atoms with Crippen LogP contribution in [-0.4, -0.2) is 37.7 Å². The number of nitrogens with one attached hydrogen (secondary N) is 1. The zero-order valence-corrected chi connectivity index (χ0v) is 15.6. The van der Waals surface area contributed by atoms with Gasteiger partial charge in [-0.2, -0.15) is 0 Å². The molecule has 1 aromatic heterocycles. The van der Waals surface area contributed by atoms with Crippen LogP contribution in [0.5, 0.6) is 0 Å². The lowest BCUT2D eigenvalue weighted by molar-refractivity contribution is -0.115. The van der Waals surface area contributed by atoms with Crippen LogP contribution in [-0.2, 0) is 11.3 Å². The van der Waals surface area contributed by atoms with Crippen LogP contribution in [0.3, 0.4) is 0 Å². The standard InChI is InChI=1S/C19H19N5O2S/c1-14(25)16-7-9-17(10-8-16)20-18(26)11-12-27-19-21-22-23-24(19)13-15-5-3-2-4-6-15/h2-10H,11-13H2,1H3,(H,20,26). The first-order valence-electron chi connectivity index (χ1n) is 8.45. The summed E-state index contributed by atoms with van der Waals surface area (Å²) < 4.78 is 1.72. The third-order valence-electron chi connectivity index (χ3n) is 3.81. The van der Waals surface area contributed by atoms with Crippen molar-refractivity contribution < 1.29 is 9.59 Å². The van der Waals surface area contributed by atoms with Crippen molar-refractivity contribution in [1.82, 2.24) is 20.2 Å². The molecule has 0 radical (unpaired) electrons. The summed E-state index contributed by atoms with van der Waals surface area (Å²) in [5.41, 5.74) is 2.40. The molecule has 0 saturated heterocycles. The minimum atomic E-state index is -0.0971. The van der Waals surface area contributed by atoms with Gasteiger partial charge in [-0.15, -0.1) is 5.10 Å². The van der Waals surface area contributed by atoms with Crippen LogP contribution in [0.2, 0.25) is 0 Å². The average Bonchev–Trinajstić information content (AvgIpc) is 3.10. The number of rotatable bonds is 8. The molecule has 3 rings (SSSR count). The van der Waals surface area contributed by atoms with Crippen LogP contribution in [0.25, 0.3) is 0 Å². The van der Waals surface area contributed by atoms with Gasteiger partial charge in [-0.1, -0.05) is 42.1 Å². The summed E-state index contributed by atoms with van der Waals surface area (Å²) >= 11 is 1.44. The third kappa shape index (κ3) is 5.49. The molecule has 1 amide bonds. The normalized spacial score (nSPS) is 10.6. The number of carbonyl (C=O) groups is 2. The van der Waals surface area contributed by atoms with Crippen molar-refractivity contribution in [3.05, 3.63) is 65.7 Å². The van der Waals surface area contributed by atoms with Crippen molar-refractivity contribution in [3.8, 4) is 0 Å². The van der Waals surface area contributed by atoms with E-state index in [2.05, 4.69) is 20.8 Å². The summed E-state index contributed by atoms with van der Waals surface area (Å²) in [7, 11) is 0. The van der Waals surface area contributed by atoms with E-state index in [0.29, 0.717) is 35.1 Å². The largest absolute Gasteiger partial charge is 0.326 e. The Morgan fingerprint density at radius 2 is 1.81 bits per heavy atom. The van der Waals surface area contributed by atoms with Gasteiger partial charge >= 0.3 is 0 Å². The maximum Gasteiger partial charge on any atom is 0.225 e. The van der Waals surface area contributed by atoms with Crippen LogP contribution in [0.15, 0.2) is 59.8 Å². The number of Topliss-reactive ketones (excluding diaryl/α,β-unsaturated/α-hetero) is 1. The first-order valence-corrected chi connectivity index (χ1v) is 9.44. The highest BCUT2D eigenvalue weighted by atomic mass is 32.2. The predicted molar refractivity (Wildman–Crippen MR) is 104 cm³/mol. The summed E-state index contributed by atoms with van der Waals surface area (Å²) in [5.74, 6) is 0.463. The van der Waals surface area contributed by atoms with Crippen LogP contribution >= 0.6 is 11.8 Å². The molecular formula is C19H19N5O2S. The van der Waals surface area contributed by atoms with Gasteiger partial charge in [0, 0.05) is 23.4 Å². The lowest BCUT2D eigenvalue weighted by Crippen LogP contribution is -2.12. The Labute approximate surface area is 161 Å². The van der Waals surface area contributed by atoms with E-state index < -0.39 is 0 Å². The number of thioether (sulfide) groups is 1. The molecule has 27 heavy (non-hydrogen) atoms. The van der Waals surface area contributed by atoms with Crippen molar-refractivity contribution in [2.45, 2.75) is 25.0 Å². The van der Waals surface area contributed by atoms with Crippen molar-refractivity contribution in [3.63, 3.8) is 0 Å².